The molecule has 0 aliphatic rings. The quantitative estimate of drug-likeness (QED) is 0.481. The van der Waals surface area contributed by atoms with Crippen molar-refractivity contribution in [3.63, 3.8) is 0 Å². The van der Waals surface area contributed by atoms with Crippen LogP contribution in [0.15, 0.2) is 0 Å². The van der Waals surface area contributed by atoms with E-state index in [1.807, 2.05) is 0 Å². The molecule has 64 valence electrons. The molecule has 0 saturated carbocycles. The van der Waals surface area contributed by atoms with E-state index in [-0.39, 0.29) is 42.0 Å². The van der Waals surface area contributed by atoms with Gasteiger partial charge in [0.1, 0.15) is 0 Å². The molecule has 0 bridgehead atoms. The summed E-state index contributed by atoms with van der Waals surface area (Å²) < 4.78 is 56.3. The number of hydrogen-bond donors (Lipinski definition) is 2. The van der Waals surface area contributed by atoms with Crippen molar-refractivity contribution in [2.45, 2.75) is 0 Å². The van der Waals surface area contributed by atoms with Crippen LogP contribution in [0.5, 0.6) is 0 Å². The Bertz CT molecular complexity index is 242. The molecule has 0 saturated heterocycles. The molecule has 0 heterocycles. The average molecular weight is 276 g/mol. The molecule has 11 heavy (non-hydrogen) atoms. The summed E-state index contributed by atoms with van der Waals surface area (Å²) in [6.07, 6.45) is 0. The molecule has 0 radical (unpaired) electrons. The van der Waals surface area contributed by atoms with Gasteiger partial charge in [-0.25, -0.2) is 0 Å². The third-order valence-corrected chi connectivity index (χ3v) is 2.92. The fourth-order valence-electron chi connectivity index (χ4n) is 0.109. The van der Waals surface area contributed by atoms with Gasteiger partial charge in [0.25, 0.3) is 0 Å². The molecule has 0 fully saturated rings. The molecule has 7 nitrogen and oxygen atoms in total. The third kappa shape index (κ3) is 18.4. The van der Waals surface area contributed by atoms with E-state index in [1.54, 1.807) is 0 Å². The van der Waals surface area contributed by atoms with Crippen molar-refractivity contribution >= 4 is 0 Å². The van der Waals surface area contributed by atoms with Gasteiger partial charge in [-0.2, -0.15) is 0 Å². The predicted octanol–water partition coefficient (Wildman–Crippen LogP) is -7.65. The van der Waals surface area contributed by atoms with Gasteiger partial charge in [0.15, 0.2) is 0 Å². The van der Waals surface area contributed by atoms with Crippen LogP contribution >= 0.6 is 0 Å². The van der Waals surface area contributed by atoms with Crippen molar-refractivity contribution in [1.29, 1.82) is 0 Å². The Balaban J connectivity index is -0.000000320. The van der Waals surface area contributed by atoms with Gasteiger partial charge in [-0.15, -0.1) is 0 Å². The second kappa shape index (κ2) is 5.98. The number of hydrogen-bond acceptors (Lipinski definition) is 5. The minimum atomic E-state index is -5.76. The van der Waals surface area contributed by atoms with Crippen LogP contribution in [0.4, 0.5) is 0 Å². The molecule has 0 aromatic heterocycles. The molecule has 0 aromatic rings. The fraction of sp³-hybridized carbons (Fsp3) is 0. The Morgan fingerprint density at radius 3 is 1.09 bits per heavy atom. The summed E-state index contributed by atoms with van der Waals surface area (Å²) in [4.78, 5) is 0. The monoisotopic (exact) mass is 276 g/mol. The zero-order valence-electron chi connectivity index (χ0n) is 5.13. The average Bonchev–Trinajstić information content (AvgIpc) is 1.14. The van der Waals surface area contributed by atoms with E-state index in [9.17, 15) is 15.2 Å². The van der Waals surface area contributed by atoms with Gasteiger partial charge in [0, 0.05) is 0 Å². The minimum absolute atomic E-state index is 0. The van der Waals surface area contributed by atoms with Crippen molar-refractivity contribution in [1.82, 2.24) is 0 Å². The molecule has 0 aliphatic heterocycles. The maximum atomic E-state index is 9.53. The summed E-state index contributed by atoms with van der Waals surface area (Å²) >= 11 is -11.5. The standard InChI is InChI=1S/ClH.2Cr.Na.2H2O.5O/h1H;;;;2*1H2;;;;;/q;3*+1;;;;;;;/p-3. The van der Waals surface area contributed by atoms with E-state index in [0.29, 0.717) is 0 Å². The third-order valence-electron chi connectivity index (χ3n) is 0.172. The van der Waals surface area contributed by atoms with Crippen LogP contribution in [0.3, 0.4) is 0 Å². The van der Waals surface area contributed by atoms with Crippen LogP contribution in [0.2, 0.25) is 0 Å². The van der Waals surface area contributed by atoms with E-state index < -0.39 is 27.2 Å². The predicted molar refractivity (Wildman–Crippen MR) is 8.27 cm³/mol. The van der Waals surface area contributed by atoms with Gasteiger partial charge in [-0.1, -0.05) is 0 Å². The van der Waals surface area contributed by atoms with E-state index in [0.717, 1.165) is 0 Å². The Morgan fingerprint density at radius 1 is 0.909 bits per heavy atom. The molecule has 0 rings (SSSR count). The summed E-state index contributed by atoms with van der Waals surface area (Å²) in [6.45, 7) is 0. The van der Waals surface area contributed by atoms with Gasteiger partial charge in [-0.05, 0) is 0 Å². The maximum absolute atomic E-state index is 9.53. The Labute approximate surface area is 94.6 Å². The van der Waals surface area contributed by atoms with Gasteiger partial charge >= 0.3 is 83.2 Å². The van der Waals surface area contributed by atoms with Crippen LogP contribution < -0.4 is 42.0 Å². The number of rotatable bonds is 2. The SMILES string of the molecule is [Cl-].[Na+].[O]=[Cr](=[O])([OH])[O][Cr](=[O])(=[O])[OH]. The molecular weight excluding hydrogens is 274 g/mol. The Morgan fingerprint density at radius 2 is 1.09 bits per heavy atom. The van der Waals surface area contributed by atoms with Gasteiger partial charge in [-0.3, -0.25) is 0 Å². The zero-order chi connectivity index (χ0) is 7.71. The zero-order valence-corrected chi connectivity index (χ0v) is 10.4. The topological polar surface area (TPSA) is 118 Å². The van der Waals surface area contributed by atoms with Crippen molar-refractivity contribution in [3.8, 4) is 0 Å². The van der Waals surface area contributed by atoms with E-state index in [1.165, 1.54) is 0 Å². The summed E-state index contributed by atoms with van der Waals surface area (Å²) in [7, 11) is 0. The van der Waals surface area contributed by atoms with Crippen molar-refractivity contribution in [2.24, 2.45) is 0 Å². The molecule has 0 amide bonds. The van der Waals surface area contributed by atoms with Crippen LogP contribution in [0.25, 0.3) is 0 Å². The van der Waals surface area contributed by atoms with Gasteiger partial charge in [0.2, 0.25) is 0 Å². The van der Waals surface area contributed by atoms with Crippen molar-refractivity contribution < 1.29 is 95.6 Å². The first-order valence-electron chi connectivity index (χ1n) is 1.37. The van der Waals surface area contributed by atoms with Crippen molar-refractivity contribution in [2.75, 3.05) is 0 Å². The van der Waals surface area contributed by atoms with Crippen molar-refractivity contribution in [3.05, 3.63) is 0 Å². The number of halogens is 1. The van der Waals surface area contributed by atoms with Crippen LogP contribution in [0, 0.1) is 0 Å². The molecule has 0 unspecified atom stereocenters. The molecule has 11 heteroatoms. The molecule has 0 aromatic carbocycles. The van der Waals surface area contributed by atoms with Gasteiger partial charge in [0.05, 0.1) is 0 Å². The summed E-state index contributed by atoms with van der Waals surface area (Å²) in [6, 6.07) is 0. The van der Waals surface area contributed by atoms with E-state index in [4.69, 9.17) is 8.32 Å². The van der Waals surface area contributed by atoms with Crippen LogP contribution in [0.1, 0.15) is 0 Å². The fourth-order valence-corrected chi connectivity index (χ4v) is 1.85. The molecular formula is H2ClCr2NaO7. The first kappa shape index (κ1) is 18.3. The van der Waals surface area contributed by atoms with Crippen LogP contribution in [-0.2, 0) is 45.3 Å². The van der Waals surface area contributed by atoms with Gasteiger partial charge < -0.3 is 12.4 Å². The molecule has 2 N–H and O–H groups in total. The van der Waals surface area contributed by atoms with Crippen LogP contribution in [-0.4, -0.2) is 8.32 Å². The first-order chi connectivity index (χ1) is 3.71. The Kier molecular flexibility index (Phi) is 9.92. The molecule has 0 aliphatic carbocycles. The van der Waals surface area contributed by atoms with E-state index >= 15 is 0 Å². The van der Waals surface area contributed by atoms with E-state index in [2.05, 4.69) is 2.84 Å². The molecule has 0 spiro atoms. The second-order valence-electron chi connectivity index (χ2n) is 0.924. The molecule has 0 atom stereocenters. The first-order valence-corrected chi connectivity index (χ1v) is 5.63. The second-order valence-corrected chi connectivity index (χ2v) is 4.68. The summed E-state index contributed by atoms with van der Waals surface area (Å²) in [5, 5.41) is 0. The Hall–Kier alpha value is 1.43. The summed E-state index contributed by atoms with van der Waals surface area (Å²) in [5.74, 6) is 0. The normalized spacial score (nSPS) is 11.1. The summed E-state index contributed by atoms with van der Waals surface area (Å²) in [5.41, 5.74) is 0.